The third-order valence-corrected chi connectivity index (χ3v) is 5.26. The number of nitrogens with zero attached hydrogens (tertiary/aromatic N) is 3. The number of thiazole rings is 1. The fraction of sp³-hybridized carbons (Fsp3) is 0.412. The molecule has 0 bridgehead atoms. The van der Waals surface area contributed by atoms with E-state index in [4.69, 9.17) is 0 Å². The smallest absolute Gasteiger partial charge is 0.191 e. The molecule has 0 atom stereocenters. The van der Waals surface area contributed by atoms with E-state index in [0.717, 1.165) is 29.1 Å². The molecule has 2 aromatic rings. The summed E-state index contributed by atoms with van der Waals surface area (Å²) in [6.45, 7) is 4.04. The SMILES string of the molecule is CCNC(=NCc1csc(N(C)C)n1)NCCSc1ccccc1F. The van der Waals surface area contributed by atoms with E-state index in [9.17, 15) is 4.39 Å². The molecule has 1 aromatic heterocycles. The zero-order chi connectivity index (χ0) is 18.1. The molecular weight excluding hydrogens is 357 g/mol. The Kier molecular flexibility index (Phi) is 8.00. The monoisotopic (exact) mass is 381 g/mol. The average molecular weight is 382 g/mol. The molecule has 0 spiro atoms. The van der Waals surface area contributed by atoms with Gasteiger partial charge in [0.2, 0.25) is 0 Å². The molecule has 0 aliphatic carbocycles. The molecule has 0 saturated carbocycles. The highest BCUT2D eigenvalue weighted by Crippen LogP contribution is 2.20. The van der Waals surface area contributed by atoms with Crippen LogP contribution in [0.3, 0.4) is 0 Å². The third-order valence-electron chi connectivity index (χ3n) is 3.15. The maximum atomic E-state index is 13.6. The molecule has 0 aliphatic heterocycles. The zero-order valence-electron chi connectivity index (χ0n) is 14.8. The Morgan fingerprint density at radius 1 is 1.32 bits per heavy atom. The highest BCUT2D eigenvalue weighted by molar-refractivity contribution is 7.99. The average Bonchev–Trinajstić information content (AvgIpc) is 3.07. The van der Waals surface area contributed by atoms with E-state index in [1.807, 2.05) is 37.4 Å². The third kappa shape index (κ3) is 6.55. The van der Waals surface area contributed by atoms with Crippen LogP contribution in [-0.2, 0) is 6.54 Å². The lowest BCUT2D eigenvalue weighted by Gasteiger charge is -2.11. The van der Waals surface area contributed by atoms with E-state index >= 15 is 0 Å². The van der Waals surface area contributed by atoms with Crippen molar-refractivity contribution in [1.82, 2.24) is 15.6 Å². The Labute approximate surface area is 156 Å². The molecular formula is C17H24FN5S2. The van der Waals surface area contributed by atoms with Gasteiger partial charge >= 0.3 is 0 Å². The molecule has 0 amide bonds. The first-order valence-corrected chi connectivity index (χ1v) is 9.98. The zero-order valence-corrected chi connectivity index (χ0v) is 16.4. The van der Waals surface area contributed by atoms with Crippen LogP contribution in [-0.4, -0.2) is 43.9 Å². The van der Waals surface area contributed by atoms with Crippen LogP contribution in [0.5, 0.6) is 0 Å². The fourth-order valence-electron chi connectivity index (χ4n) is 1.97. The second-order valence-corrected chi connectivity index (χ2v) is 7.39. The number of rotatable bonds is 8. The minimum Gasteiger partial charge on any atom is -0.357 e. The van der Waals surface area contributed by atoms with Crippen LogP contribution in [0.1, 0.15) is 12.6 Å². The molecule has 8 heteroatoms. The number of nitrogens with one attached hydrogen (secondary N) is 2. The molecule has 0 radical (unpaired) electrons. The van der Waals surface area contributed by atoms with Crippen molar-refractivity contribution in [1.29, 1.82) is 0 Å². The van der Waals surface area contributed by atoms with Gasteiger partial charge in [0.25, 0.3) is 0 Å². The fourth-order valence-corrected chi connectivity index (χ4v) is 3.52. The lowest BCUT2D eigenvalue weighted by molar-refractivity contribution is 0.602. The molecule has 0 aliphatic rings. The van der Waals surface area contributed by atoms with E-state index in [1.54, 1.807) is 23.5 Å². The van der Waals surface area contributed by atoms with Crippen LogP contribution < -0.4 is 15.5 Å². The maximum Gasteiger partial charge on any atom is 0.191 e. The summed E-state index contributed by atoms with van der Waals surface area (Å²) in [7, 11) is 3.95. The summed E-state index contributed by atoms with van der Waals surface area (Å²) in [6.07, 6.45) is 0. The minimum absolute atomic E-state index is 0.173. The summed E-state index contributed by atoms with van der Waals surface area (Å²) in [5.41, 5.74) is 0.951. The van der Waals surface area contributed by atoms with Crippen LogP contribution in [0.2, 0.25) is 0 Å². The number of anilines is 1. The largest absolute Gasteiger partial charge is 0.357 e. The summed E-state index contributed by atoms with van der Waals surface area (Å²) in [4.78, 5) is 11.7. The lowest BCUT2D eigenvalue weighted by Crippen LogP contribution is -2.38. The number of aliphatic imine (C=N–C) groups is 1. The molecule has 0 unspecified atom stereocenters. The summed E-state index contributed by atoms with van der Waals surface area (Å²) < 4.78 is 13.6. The van der Waals surface area contributed by atoms with Crippen molar-refractivity contribution >= 4 is 34.2 Å². The molecule has 5 nitrogen and oxygen atoms in total. The van der Waals surface area contributed by atoms with Crippen LogP contribution in [0.25, 0.3) is 0 Å². The first-order valence-electron chi connectivity index (χ1n) is 8.11. The predicted molar refractivity (Wildman–Crippen MR) is 106 cm³/mol. The van der Waals surface area contributed by atoms with Gasteiger partial charge in [0.05, 0.1) is 12.2 Å². The normalized spacial score (nSPS) is 11.4. The molecule has 1 aromatic carbocycles. The van der Waals surface area contributed by atoms with Crippen molar-refractivity contribution in [2.24, 2.45) is 4.99 Å². The number of hydrogen-bond acceptors (Lipinski definition) is 5. The minimum atomic E-state index is -0.173. The van der Waals surface area contributed by atoms with Crippen molar-refractivity contribution in [2.45, 2.75) is 18.4 Å². The Hall–Kier alpha value is -1.80. The molecule has 0 fully saturated rings. The number of hydrogen-bond donors (Lipinski definition) is 2. The number of benzene rings is 1. The highest BCUT2D eigenvalue weighted by atomic mass is 32.2. The highest BCUT2D eigenvalue weighted by Gasteiger charge is 2.04. The number of aromatic nitrogens is 1. The maximum absolute atomic E-state index is 13.6. The van der Waals surface area contributed by atoms with Crippen molar-refractivity contribution in [3.63, 3.8) is 0 Å². The van der Waals surface area contributed by atoms with Crippen LogP contribution in [0.4, 0.5) is 9.52 Å². The van der Waals surface area contributed by atoms with E-state index in [-0.39, 0.29) is 5.82 Å². The topological polar surface area (TPSA) is 52.6 Å². The van der Waals surface area contributed by atoms with Crippen LogP contribution in [0.15, 0.2) is 39.5 Å². The standard InChI is InChI=1S/C17H24FN5S2/c1-4-19-16(21-11-13-12-25-17(22-13)23(2)3)20-9-10-24-15-8-6-5-7-14(15)18/h5-8,12H,4,9-11H2,1-3H3,(H2,19,20,21). The van der Waals surface area contributed by atoms with Crippen LogP contribution >= 0.6 is 23.1 Å². The second kappa shape index (κ2) is 10.2. The Morgan fingerprint density at radius 2 is 2.12 bits per heavy atom. The van der Waals surface area contributed by atoms with Gasteiger partial charge in [0.15, 0.2) is 11.1 Å². The van der Waals surface area contributed by atoms with Gasteiger partial charge in [0.1, 0.15) is 5.82 Å². The molecule has 2 rings (SSSR count). The van der Waals surface area contributed by atoms with Gasteiger partial charge in [-0.3, -0.25) is 0 Å². The van der Waals surface area contributed by atoms with Gasteiger partial charge in [-0.1, -0.05) is 12.1 Å². The van der Waals surface area contributed by atoms with E-state index in [0.29, 0.717) is 18.0 Å². The predicted octanol–water partition coefficient (Wildman–Crippen LogP) is 3.20. The Morgan fingerprint density at radius 3 is 2.80 bits per heavy atom. The van der Waals surface area contributed by atoms with E-state index in [1.165, 1.54) is 17.8 Å². The first kappa shape index (κ1) is 19.5. The van der Waals surface area contributed by atoms with Crippen LogP contribution in [0, 0.1) is 5.82 Å². The Balaban J connectivity index is 1.81. The van der Waals surface area contributed by atoms with Gasteiger partial charge < -0.3 is 15.5 Å². The van der Waals surface area contributed by atoms with Crippen molar-refractivity contribution < 1.29 is 4.39 Å². The molecule has 1 heterocycles. The van der Waals surface area contributed by atoms with Gasteiger partial charge in [-0.05, 0) is 19.1 Å². The summed E-state index contributed by atoms with van der Waals surface area (Å²) in [6, 6.07) is 6.83. The lowest BCUT2D eigenvalue weighted by atomic mass is 10.3. The second-order valence-electron chi connectivity index (χ2n) is 5.42. The van der Waals surface area contributed by atoms with Gasteiger partial charge in [-0.2, -0.15) is 0 Å². The first-order chi connectivity index (χ1) is 12.1. The quantitative estimate of drug-likeness (QED) is 0.318. The van der Waals surface area contributed by atoms with Gasteiger partial charge in [-0.15, -0.1) is 23.1 Å². The Bertz CT molecular complexity index is 687. The summed E-state index contributed by atoms with van der Waals surface area (Å²) >= 11 is 3.10. The van der Waals surface area contributed by atoms with Gasteiger partial charge in [-0.25, -0.2) is 14.4 Å². The van der Waals surface area contributed by atoms with Crippen molar-refractivity contribution in [2.75, 3.05) is 37.8 Å². The summed E-state index contributed by atoms with van der Waals surface area (Å²) in [5, 5.41) is 9.48. The van der Waals surface area contributed by atoms with Gasteiger partial charge in [0, 0.05) is 43.2 Å². The van der Waals surface area contributed by atoms with E-state index < -0.39 is 0 Å². The number of halogens is 1. The molecule has 136 valence electrons. The number of thioether (sulfide) groups is 1. The number of guanidine groups is 1. The van der Waals surface area contributed by atoms with Crippen molar-refractivity contribution in [3.05, 3.63) is 41.2 Å². The molecule has 2 N–H and O–H groups in total. The molecule has 25 heavy (non-hydrogen) atoms. The van der Waals surface area contributed by atoms with E-state index in [2.05, 4.69) is 20.6 Å². The summed E-state index contributed by atoms with van der Waals surface area (Å²) in [5.74, 6) is 1.33. The molecule has 0 saturated heterocycles. The van der Waals surface area contributed by atoms with Crippen molar-refractivity contribution in [3.8, 4) is 0 Å².